The first-order valence-electron chi connectivity index (χ1n) is 15.0. The van der Waals surface area contributed by atoms with E-state index in [1.54, 1.807) is 0 Å². The zero-order valence-corrected chi connectivity index (χ0v) is 24.8. The molecule has 0 saturated carbocycles. The second-order valence-corrected chi connectivity index (χ2v) is 12.4. The van der Waals surface area contributed by atoms with Gasteiger partial charge in [0.25, 0.3) is 0 Å². The Labute approximate surface area is 259 Å². The van der Waals surface area contributed by atoms with E-state index in [1.165, 1.54) is 69.3 Å². The zero-order valence-electron chi connectivity index (χ0n) is 23.9. The number of hydrogen-bond acceptors (Lipinski definition) is 2. The molecule has 0 aliphatic carbocycles. The minimum absolute atomic E-state index is 1.14. The van der Waals surface area contributed by atoms with E-state index in [1.807, 2.05) is 11.3 Å². The minimum atomic E-state index is 1.14. The molecule has 0 amide bonds. The molecule has 0 fully saturated rings. The van der Waals surface area contributed by atoms with Crippen LogP contribution in [0.25, 0.3) is 63.6 Å². The Morgan fingerprint density at radius 1 is 0.386 bits per heavy atom. The van der Waals surface area contributed by atoms with Gasteiger partial charge in [0, 0.05) is 31.5 Å². The first kappa shape index (κ1) is 25.1. The lowest BCUT2D eigenvalue weighted by Crippen LogP contribution is -2.10. The summed E-state index contributed by atoms with van der Waals surface area (Å²) >= 11 is 1.89. The van der Waals surface area contributed by atoms with Gasteiger partial charge in [0.15, 0.2) is 0 Å². The quantitative estimate of drug-likeness (QED) is 0.188. The van der Waals surface area contributed by atoms with Crippen LogP contribution in [0.5, 0.6) is 0 Å². The number of thiophene rings is 1. The zero-order chi connectivity index (χ0) is 29.0. The lowest BCUT2D eigenvalue weighted by Gasteiger charge is -2.28. The molecule has 0 aliphatic rings. The Morgan fingerprint density at radius 3 is 1.80 bits per heavy atom. The summed E-state index contributed by atoms with van der Waals surface area (Å²) in [6.45, 7) is 0. The number of fused-ring (bicyclic) bond motifs is 8. The van der Waals surface area contributed by atoms with E-state index in [-0.39, 0.29) is 0 Å². The van der Waals surface area contributed by atoms with Gasteiger partial charge in [0.1, 0.15) is 0 Å². The Morgan fingerprint density at radius 2 is 0.977 bits per heavy atom. The first-order valence-corrected chi connectivity index (χ1v) is 15.8. The molecular formula is C42H27NS. The molecule has 9 aromatic rings. The highest BCUT2D eigenvalue weighted by molar-refractivity contribution is 7.26. The molecular weight excluding hydrogens is 551 g/mol. The van der Waals surface area contributed by atoms with E-state index in [9.17, 15) is 0 Å². The van der Waals surface area contributed by atoms with Crippen molar-refractivity contribution in [1.29, 1.82) is 0 Å². The second-order valence-electron chi connectivity index (χ2n) is 11.4. The minimum Gasteiger partial charge on any atom is -0.310 e. The number of rotatable bonds is 4. The van der Waals surface area contributed by atoms with Gasteiger partial charge in [0.2, 0.25) is 0 Å². The largest absolute Gasteiger partial charge is 0.310 e. The van der Waals surface area contributed by atoms with Gasteiger partial charge in [0.05, 0.1) is 5.69 Å². The normalized spacial score (nSPS) is 11.6. The fourth-order valence-electron chi connectivity index (χ4n) is 6.70. The molecule has 1 heterocycles. The highest BCUT2D eigenvalue weighted by Crippen LogP contribution is 2.48. The van der Waals surface area contributed by atoms with Gasteiger partial charge in [-0.05, 0) is 79.8 Å². The van der Waals surface area contributed by atoms with Crippen molar-refractivity contribution >= 4 is 80.9 Å². The number of nitrogens with zero attached hydrogens (tertiary/aromatic N) is 1. The third-order valence-corrected chi connectivity index (χ3v) is 10.0. The molecule has 0 radical (unpaired) electrons. The van der Waals surface area contributed by atoms with Gasteiger partial charge in [-0.25, -0.2) is 0 Å². The van der Waals surface area contributed by atoms with E-state index >= 15 is 0 Å². The van der Waals surface area contributed by atoms with Crippen LogP contribution in [0.3, 0.4) is 0 Å². The van der Waals surface area contributed by atoms with Gasteiger partial charge in [-0.3, -0.25) is 0 Å². The Kier molecular flexibility index (Phi) is 5.75. The smallest absolute Gasteiger partial charge is 0.0561 e. The van der Waals surface area contributed by atoms with Crippen LogP contribution in [0.2, 0.25) is 0 Å². The predicted octanol–water partition coefficient (Wildman–Crippen LogP) is 12.7. The molecule has 0 unspecified atom stereocenters. The molecule has 9 rings (SSSR count). The molecule has 0 aliphatic heterocycles. The lowest BCUT2D eigenvalue weighted by atomic mass is 9.99. The van der Waals surface area contributed by atoms with E-state index in [0.717, 1.165) is 11.4 Å². The Balaban J connectivity index is 1.36. The second kappa shape index (κ2) is 10.1. The van der Waals surface area contributed by atoms with Crippen molar-refractivity contribution in [3.05, 3.63) is 164 Å². The molecule has 206 valence electrons. The summed E-state index contributed by atoms with van der Waals surface area (Å²) in [5.74, 6) is 0. The van der Waals surface area contributed by atoms with E-state index in [0.29, 0.717) is 0 Å². The first-order chi connectivity index (χ1) is 21.8. The summed E-state index contributed by atoms with van der Waals surface area (Å²) < 4.78 is 2.64. The number of hydrogen-bond donors (Lipinski definition) is 0. The van der Waals surface area contributed by atoms with Crippen molar-refractivity contribution in [2.75, 3.05) is 4.90 Å². The van der Waals surface area contributed by atoms with E-state index < -0.39 is 0 Å². The lowest BCUT2D eigenvalue weighted by molar-refractivity contribution is 1.31. The van der Waals surface area contributed by atoms with Crippen molar-refractivity contribution in [1.82, 2.24) is 0 Å². The van der Waals surface area contributed by atoms with Crippen LogP contribution >= 0.6 is 11.3 Å². The van der Waals surface area contributed by atoms with Gasteiger partial charge in [-0.2, -0.15) is 0 Å². The molecule has 2 heteroatoms. The summed E-state index contributed by atoms with van der Waals surface area (Å²) in [7, 11) is 0. The average molecular weight is 578 g/mol. The highest BCUT2D eigenvalue weighted by atomic mass is 32.1. The van der Waals surface area contributed by atoms with E-state index in [2.05, 4.69) is 169 Å². The molecule has 44 heavy (non-hydrogen) atoms. The third-order valence-electron chi connectivity index (χ3n) is 8.81. The standard InChI is InChI=1S/C42H27NS/c1-2-10-28(11-3-1)29-20-23-33(24-21-29)43(34-25-22-31-19-18-30-12-4-6-14-35(30)38(31)27-34)39-26-32-13-5-7-15-36(32)42-41(39)37-16-8-9-17-40(37)44-42/h1-27H. The van der Waals surface area contributed by atoms with Gasteiger partial charge >= 0.3 is 0 Å². The molecule has 0 bridgehead atoms. The van der Waals surface area contributed by atoms with Gasteiger partial charge < -0.3 is 4.90 Å². The third kappa shape index (κ3) is 4.00. The fraction of sp³-hybridized carbons (Fsp3) is 0. The molecule has 1 nitrogen and oxygen atoms in total. The van der Waals surface area contributed by atoms with Gasteiger partial charge in [-0.15, -0.1) is 11.3 Å². The van der Waals surface area contributed by atoms with Crippen LogP contribution < -0.4 is 4.90 Å². The summed E-state index contributed by atoms with van der Waals surface area (Å²) in [6, 6.07) is 59.7. The molecule has 0 spiro atoms. The van der Waals surface area contributed by atoms with Crippen LogP contribution in [-0.2, 0) is 0 Å². The molecule has 0 N–H and O–H groups in total. The van der Waals surface area contributed by atoms with Crippen LogP contribution in [-0.4, -0.2) is 0 Å². The predicted molar refractivity (Wildman–Crippen MR) is 192 cm³/mol. The summed E-state index contributed by atoms with van der Waals surface area (Å²) in [4.78, 5) is 2.46. The summed E-state index contributed by atoms with van der Waals surface area (Å²) in [6.07, 6.45) is 0. The topological polar surface area (TPSA) is 3.24 Å². The van der Waals surface area contributed by atoms with Crippen LogP contribution in [0.1, 0.15) is 0 Å². The van der Waals surface area contributed by atoms with Crippen LogP contribution in [0, 0.1) is 0 Å². The highest BCUT2D eigenvalue weighted by Gasteiger charge is 2.21. The van der Waals surface area contributed by atoms with Crippen LogP contribution in [0.4, 0.5) is 17.1 Å². The summed E-state index contributed by atoms with van der Waals surface area (Å²) in [5.41, 5.74) is 5.91. The Hall–Kier alpha value is -5.44. The number of anilines is 3. The van der Waals surface area contributed by atoms with Gasteiger partial charge in [-0.1, -0.05) is 127 Å². The fourth-order valence-corrected chi connectivity index (χ4v) is 7.96. The van der Waals surface area contributed by atoms with Crippen molar-refractivity contribution in [2.24, 2.45) is 0 Å². The van der Waals surface area contributed by atoms with Crippen molar-refractivity contribution < 1.29 is 0 Å². The average Bonchev–Trinajstić information content (AvgIpc) is 3.49. The summed E-state index contributed by atoms with van der Waals surface area (Å²) in [5, 5.41) is 10.2. The maximum absolute atomic E-state index is 2.46. The van der Waals surface area contributed by atoms with Crippen LogP contribution in [0.15, 0.2) is 164 Å². The maximum atomic E-state index is 2.46. The van der Waals surface area contributed by atoms with Crippen molar-refractivity contribution in [2.45, 2.75) is 0 Å². The maximum Gasteiger partial charge on any atom is 0.0561 e. The molecule has 0 saturated heterocycles. The monoisotopic (exact) mass is 577 g/mol. The molecule has 8 aromatic carbocycles. The molecule has 1 aromatic heterocycles. The number of benzene rings is 8. The molecule has 0 atom stereocenters. The van der Waals surface area contributed by atoms with E-state index in [4.69, 9.17) is 0 Å². The van der Waals surface area contributed by atoms with Crippen molar-refractivity contribution in [3.8, 4) is 11.1 Å². The Bertz CT molecular complexity index is 2490. The van der Waals surface area contributed by atoms with Crippen molar-refractivity contribution in [3.63, 3.8) is 0 Å². The SMILES string of the molecule is c1ccc(-c2ccc(N(c3ccc4ccc5ccccc5c4c3)c3cc4ccccc4c4sc5ccccc5c34)cc2)cc1.